The molecule has 1 aromatic heterocycles. The number of hydrogen-bond donors (Lipinski definition) is 2. The van der Waals surface area contributed by atoms with E-state index in [1.54, 1.807) is 0 Å². The molecule has 0 aliphatic carbocycles. The van der Waals surface area contributed by atoms with E-state index < -0.39 is 0 Å². The van der Waals surface area contributed by atoms with Crippen LogP contribution in [0.25, 0.3) is 21.8 Å². The molecular weight excluding hydrogens is 292 g/mol. The zero-order chi connectivity index (χ0) is 14.9. The normalized spacial score (nSPS) is 11.1. The number of fused-ring (bicyclic) bond motifs is 3. The molecule has 3 heteroatoms. The number of para-hydroxylation sites is 1. The molecule has 1 heterocycles. The summed E-state index contributed by atoms with van der Waals surface area (Å²) in [6.45, 7) is 0.716. The van der Waals surface area contributed by atoms with E-state index in [2.05, 4.69) is 46.7 Å². The Kier molecular flexibility index (Phi) is 3.24. The van der Waals surface area contributed by atoms with Gasteiger partial charge in [0, 0.05) is 39.1 Å². The Bertz CT molecular complexity index is 956. The molecule has 108 valence electrons. The number of aromatic nitrogens is 1. The third kappa shape index (κ3) is 2.32. The molecule has 0 aliphatic rings. The highest BCUT2D eigenvalue weighted by Gasteiger charge is 2.05. The number of hydrogen-bond acceptors (Lipinski definition) is 1. The van der Waals surface area contributed by atoms with Gasteiger partial charge in [-0.25, -0.2) is 0 Å². The summed E-state index contributed by atoms with van der Waals surface area (Å²) in [5.74, 6) is 0. The fraction of sp³-hybridized carbons (Fsp3) is 0.0526. The number of rotatable bonds is 3. The molecule has 4 rings (SSSR count). The van der Waals surface area contributed by atoms with Gasteiger partial charge in [-0.2, -0.15) is 0 Å². The summed E-state index contributed by atoms with van der Waals surface area (Å²) in [5, 5.41) is 6.73. The fourth-order valence-electron chi connectivity index (χ4n) is 2.80. The third-order valence-electron chi connectivity index (χ3n) is 3.95. The van der Waals surface area contributed by atoms with E-state index in [0.29, 0.717) is 6.54 Å². The van der Waals surface area contributed by atoms with Crippen molar-refractivity contribution in [2.75, 3.05) is 5.32 Å². The first-order valence-electron chi connectivity index (χ1n) is 7.29. The lowest BCUT2D eigenvalue weighted by molar-refractivity contribution is 1.15. The molecule has 0 radical (unpaired) electrons. The average molecular weight is 307 g/mol. The smallest absolute Gasteiger partial charge is 0.0466 e. The monoisotopic (exact) mass is 306 g/mol. The molecule has 22 heavy (non-hydrogen) atoms. The molecule has 2 nitrogen and oxygen atoms in total. The predicted octanol–water partition coefficient (Wildman–Crippen LogP) is 5.59. The number of anilines is 1. The second kappa shape index (κ2) is 5.39. The zero-order valence-corrected chi connectivity index (χ0v) is 12.7. The van der Waals surface area contributed by atoms with Crippen molar-refractivity contribution >= 4 is 39.1 Å². The van der Waals surface area contributed by atoms with Gasteiger partial charge in [0.15, 0.2) is 0 Å². The highest BCUT2D eigenvalue weighted by molar-refractivity contribution is 6.31. The molecule has 2 N–H and O–H groups in total. The van der Waals surface area contributed by atoms with Crippen LogP contribution in [-0.4, -0.2) is 4.98 Å². The number of benzene rings is 3. The van der Waals surface area contributed by atoms with Gasteiger partial charge < -0.3 is 10.3 Å². The van der Waals surface area contributed by atoms with E-state index in [9.17, 15) is 0 Å². The van der Waals surface area contributed by atoms with E-state index in [1.807, 2.05) is 30.3 Å². The second-order valence-electron chi connectivity index (χ2n) is 5.38. The number of H-pyrrole nitrogens is 1. The summed E-state index contributed by atoms with van der Waals surface area (Å²) in [6.07, 6.45) is 0. The van der Waals surface area contributed by atoms with E-state index in [1.165, 1.54) is 16.3 Å². The summed E-state index contributed by atoms with van der Waals surface area (Å²) in [4.78, 5) is 3.44. The van der Waals surface area contributed by atoms with E-state index in [0.717, 1.165) is 21.8 Å². The van der Waals surface area contributed by atoms with Crippen molar-refractivity contribution in [1.82, 2.24) is 4.98 Å². The minimum absolute atomic E-state index is 0.716. The summed E-state index contributed by atoms with van der Waals surface area (Å²) < 4.78 is 0. The van der Waals surface area contributed by atoms with Crippen molar-refractivity contribution in [3.05, 3.63) is 77.3 Å². The van der Waals surface area contributed by atoms with Crippen LogP contribution < -0.4 is 5.32 Å². The largest absolute Gasteiger partial charge is 0.381 e. The molecule has 0 atom stereocenters. The van der Waals surface area contributed by atoms with Crippen LogP contribution in [-0.2, 0) is 6.54 Å². The first kappa shape index (κ1) is 13.2. The number of aromatic amines is 1. The molecule has 4 aromatic rings. The lowest BCUT2D eigenvalue weighted by atomic mass is 10.1. The van der Waals surface area contributed by atoms with Crippen molar-refractivity contribution in [2.45, 2.75) is 6.54 Å². The first-order chi connectivity index (χ1) is 10.8. The minimum atomic E-state index is 0.716. The van der Waals surface area contributed by atoms with Gasteiger partial charge in [-0.15, -0.1) is 0 Å². The molecule has 0 amide bonds. The van der Waals surface area contributed by atoms with Crippen molar-refractivity contribution in [1.29, 1.82) is 0 Å². The minimum Gasteiger partial charge on any atom is -0.381 e. The number of nitrogens with one attached hydrogen (secondary N) is 2. The molecule has 0 spiro atoms. The molecule has 0 aliphatic heterocycles. The molecule has 3 aromatic carbocycles. The summed E-state index contributed by atoms with van der Waals surface area (Å²) in [5.41, 5.74) is 4.52. The summed E-state index contributed by atoms with van der Waals surface area (Å²) >= 11 is 6.20. The molecule has 0 unspecified atom stereocenters. The molecular formula is C19H15ClN2. The predicted molar refractivity (Wildman–Crippen MR) is 94.6 cm³/mol. The first-order valence-corrected chi connectivity index (χ1v) is 7.67. The summed E-state index contributed by atoms with van der Waals surface area (Å²) in [7, 11) is 0. The van der Waals surface area contributed by atoms with E-state index >= 15 is 0 Å². The van der Waals surface area contributed by atoms with Crippen LogP contribution in [0.1, 0.15) is 5.56 Å². The van der Waals surface area contributed by atoms with Gasteiger partial charge in [-0.1, -0.05) is 48.0 Å². The maximum Gasteiger partial charge on any atom is 0.0466 e. The molecule has 0 fully saturated rings. The highest BCUT2D eigenvalue weighted by atomic mass is 35.5. The Morgan fingerprint density at radius 2 is 1.59 bits per heavy atom. The van der Waals surface area contributed by atoms with Crippen LogP contribution in [0.15, 0.2) is 66.7 Å². The molecule has 0 bridgehead atoms. The zero-order valence-electron chi connectivity index (χ0n) is 11.9. The number of halogens is 1. The Balaban J connectivity index is 1.67. The molecule has 0 saturated heterocycles. The average Bonchev–Trinajstić information content (AvgIpc) is 2.92. The van der Waals surface area contributed by atoms with Crippen molar-refractivity contribution < 1.29 is 0 Å². The Labute approximate surface area is 133 Å². The van der Waals surface area contributed by atoms with Crippen LogP contribution >= 0.6 is 11.6 Å². The summed E-state index contributed by atoms with van der Waals surface area (Å²) in [6, 6.07) is 22.7. The lowest BCUT2D eigenvalue weighted by Crippen LogP contribution is -1.99. The second-order valence-corrected chi connectivity index (χ2v) is 5.78. The standard InChI is InChI=1S/C19H15ClN2/c20-17-7-3-1-5-13(17)12-21-14-9-10-19-16(11-14)15-6-2-4-8-18(15)22-19/h1-11,21-22H,12H2. The fourth-order valence-corrected chi connectivity index (χ4v) is 3.00. The van der Waals surface area contributed by atoms with Crippen LogP contribution in [0.3, 0.4) is 0 Å². The van der Waals surface area contributed by atoms with Gasteiger partial charge in [-0.3, -0.25) is 0 Å². The van der Waals surface area contributed by atoms with Gasteiger partial charge >= 0.3 is 0 Å². The van der Waals surface area contributed by atoms with E-state index in [-0.39, 0.29) is 0 Å². The van der Waals surface area contributed by atoms with Gasteiger partial charge in [0.2, 0.25) is 0 Å². The van der Waals surface area contributed by atoms with Crippen LogP contribution in [0, 0.1) is 0 Å². The van der Waals surface area contributed by atoms with Crippen molar-refractivity contribution in [2.24, 2.45) is 0 Å². The lowest BCUT2D eigenvalue weighted by Gasteiger charge is -2.08. The van der Waals surface area contributed by atoms with Crippen LogP contribution in [0.5, 0.6) is 0 Å². The van der Waals surface area contributed by atoms with Gasteiger partial charge in [0.1, 0.15) is 0 Å². The van der Waals surface area contributed by atoms with Gasteiger partial charge in [0.25, 0.3) is 0 Å². The van der Waals surface area contributed by atoms with Gasteiger partial charge in [-0.05, 0) is 35.9 Å². The highest BCUT2D eigenvalue weighted by Crippen LogP contribution is 2.28. The van der Waals surface area contributed by atoms with Gasteiger partial charge in [0.05, 0.1) is 0 Å². The Morgan fingerprint density at radius 1 is 0.818 bits per heavy atom. The van der Waals surface area contributed by atoms with Crippen LogP contribution in [0.4, 0.5) is 5.69 Å². The Morgan fingerprint density at radius 3 is 2.50 bits per heavy atom. The van der Waals surface area contributed by atoms with Crippen LogP contribution in [0.2, 0.25) is 5.02 Å². The third-order valence-corrected chi connectivity index (χ3v) is 4.32. The van der Waals surface area contributed by atoms with E-state index in [4.69, 9.17) is 11.6 Å². The molecule has 0 saturated carbocycles. The topological polar surface area (TPSA) is 27.8 Å². The van der Waals surface area contributed by atoms with Crippen molar-refractivity contribution in [3.8, 4) is 0 Å². The Hall–Kier alpha value is -2.45. The maximum absolute atomic E-state index is 6.20. The van der Waals surface area contributed by atoms with Crippen molar-refractivity contribution in [3.63, 3.8) is 0 Å². The quantitative estimate of drug-likeness (QED) is 0.507. The SMILES string of the molecule is Clc1ccccc1CNc1ccc2[nH]c3ccccc3c2c1. The maximum atomic E-state index is 6.20.